The van der Waals surface area contributed by atoms with E-state index in [9.17, 15) is 0 Å². The molecule has 0 N–H and O–H groups in total. The SMILES string of the molecule is c1ccc(-c2ccc(N(c3cccc(-c4ccccc4)c3)c3ccc4c(ccc5ccc6ccccc6c54)c3)cc2)cc1. The molecule has 0 saturated heterocycles. The summed E-state index contributed by atoms with van der Waals surface area (Å²) in [7, 11) is 0. The maximum absolute atomic E-state index is 2.37. The molecule has 0 radical (unpaired) electrons. The van der Waals surface area contributed by atoms with Gasteiger partial charge in [-0.05, 0) is 91.0 Å². The fourth-order valence-electron chi connectivity index (χ4n) is 6.30. The van der Waals surface area contributed by atoms with Crippen LogP contribution in [0.25, 0.3) is 54.6 Å². The van der Waals surface area contributed by atoms with E-state index in [1.165, 1.54) is 54.6 Å². The normalized spacial score (nSPS) is 11.3. The Morgan fingerprint density at radius 1 is 0.279 bits per heavy atom. The zero-order valence-corrected chi connectivity index (χ0v) is 23.7. The average Bonchev–Trinajstić information content (AvgIpc) is 3.09. The molecule has 1 heteroatoms. The Balaban J connectivity index is 1.30. The lowest BCUT2D eigenvalue weighted by Gasteiger charge is -2.27. The van der Waals surface area contributed by atoms with Crippen molar-refractivity contribution in [3.63, 3.8) is 0 Å². The molecule has 0 aromatic heterocycles. The van der Waals surface area contributed by atoms with Crippen LogP contribution < -0.4 is 4.90 Å². The summed E-state index contributed by atoms with van der Waals surface area (Å²) in [6.07, 6.45) is 0. The highest BCUT2D eigenvalue weighted by Crippen LogP contribution is 2.40. The van der Waals surface area contributed by atoms with Crippen LogP contribution in [0.5, 0.6) is 0 Å². The van der Waals surface area contributed by atoms with Crippen LogP contribution in [-0.2, 0) is 0 Å². The van der Waals surface area contributed by atoms with E-state index in [1.807, 2.05) is 0 Å². The molecule has 0 spiro atoms. The maximum Gasteiger partial charge on any atom is 0.0468 e. The summed E-state index contributed by atoms with van der Waals surface area (Å²) in [4.78, 5) is 2.37. The van der Waals surface area contributed by atoms with Crippen molar-refractivity contribution in [3.8, 4) is 22.3 Å². The average molecular weight is 548 g/mol. The topological polar surface area (TPSA) is 3.24 Å². The summed E-state index contributed by atoms with van der Waals surface area (Å²) in [6.45, 7) is 0. The Labute approximate surface area is 251 Å². The van der Waals surface area contributed by atoms with E-state index in [-0.39, 0.29) is 0 Å². The van der Waals surface area contributed by atoms with E-state index < -0.39 is 0 Å². The van der Waals surface area contributed by atoms with Crippen molar-refractivity contribution in [3.05, 3.63) is 176 Å². The number of fused-ring (bicyclic) bond motifs is 5. The highest BCUT2D eigenvalue weighted by Gasteiger charge is 2.15. The van der Waals surface area contributed by atoms with E-state index in [0.29, 0.717) is 0 Å². The predicted octanol–water partition coefficient (Wildman–Crippen LogP) is 11.9. The fourth-order valence-corrected chi connectivity index (χ4v) is 6.30. The molecule has 0 unspecified atom stereocenters. The van der Waals surface area contributed by atoms with Crippen molar-refractivity contribution in [2.24, 2.45) is 0 Å². The largest absolute Gasteiger partial charge is 0.310 e. The van der Waals surface area contributed by atoms with Gasteiger partial charge < -0.3 is 4.90 Å². The van der Waals surface area contributed by atoms with Gasteiger partial charge in [0.15, 0.2) is 0 Å². The summed E-state index contributed by atoms with van der Waals surface area (Å²) in [5.74, 6) is 0. The van der Waals surface area contributed by atoms with Gasteiger partial charge in [-0.2, -0.15) is 0 Å². The summed E-state index contributed by atoms with van der Waals surface area (Å²) in [5.41, 5.74) is 8.21. The molecular weight excluding hydrogens is 518 g/mol. The van der Waals surface area contributed by atoms with Crippen LogP contribution in [-0.4, -0.2) is 0 Å². The van der Waals surface area contributed by atoms with Crippen molar-refractivity contribution in [1.82, 2.24) is 0 Å². The Kier molecular flexibility index (Phi) is 6.20. The monoisotopic (exact) mass is 547 g/mol. The first kappa shape index (κ1) is 25.1. The van der Waals surface area contributed by atoms with Gasteiger partial charge in [0.25, 0.3) is 0 Å². The van der Waals surface area contributed by atoms with Crippen LogP contribution in [0.2, 0.25) is 0 Å². The van der Waals surface area contributed by atoms with Crippen molar-refractivity contribution in [1.29, 1.82) is 0 Å². The number of anilines is 3. The van der Waals surface area contributed by atoms with Gasteiger partial charge in [-0.25, -0.2) is 0 Å². The lowest BCUT2D eigenvalue weighted by atomic mass is 9.96. The maximum atomic E-state index is 2.37. The number of hydrogen-bond acceptors (Lipinski definition) is 1. The van der Waals surface area contributed by atoms with Crippen LogP contribution in [0, 0.1) is 0 Å². The van der Waals surface area contributed by atoms with Crippen molar-refractivity contribution < 1.29 is 0 Å². The van der Waals surface area contributed by atoms with Gasteiger partial charge in [0.05, 0.1) is 0 Å². The van der Waals surface area contributed by atoms with Crippen LogP contribution >= 0.6 is 0 Å². The van der Waals surface area contributed by atoms with Gasteiger partial charge in [0, 0.05) is 17.1 Å². The highest BCUT2D eigenvalue weighted by atomic mass is 15.1. The highest BCUT2D eigenvalue weighted by molar-refractivity contribution is 6.20. The molecule has 0 aliphatic rings. The summed E-state index contributed by atoms with van der Waals surface area (Å²) >= 11 is 0. The third-order valence-corrected chi connectivity index (χ3v) is 8.41. The summed E-state index contributed by atoms with van der Waals surface area (Å²) in [5, 5.41) is 7.64. The molecule has 0 amide bonds. The second-order valence-electron chi connectivity index (χ2n) is 11.0. The van der Waals surface area contributed by atoms with Crippen LogP contribution in [0.4, 0.5) is 17.1 Å². The molecule has 43 heavy (non-hydrogen) atoms. The molecule has 0 saturated carbocycles. The summed E-state index contributed by atoms with van der Waals surface area (Å²) in [6, 6.07) is 63.4. The molecule has 0 fully saturated rings. The number of benzene rings is 8. The van der Waals surface area contributed by atoms with Crippen molar-refractivity contribution in [2.75, 3.05) is 4.90 Å². The second kappa shape index (κ2) is 10.6. The molecule has 0 aliphatic carbocycles. The molecule has 8 rings (SSSR count). The van der Waals surface area contributed by atoms with Gasteiger partial charge in [-0.15, -0.1) is 0 Å². The van der Waals surface area contributed by atoms with Gasteiger partial charge in [0.1, 0.15) is 0 Å². The minimum absolute atomic E-state index is 1.12. The van der Waals surface area contributed by atoms with E-state index in [2.05, 4.69) is 181 Å². The van der Waals surface area contributed by atoms with Crippen LogP contribution in [0.15, 0.2) is 176 Å². The van der Waals surface area contributed by atoms with Gasteiger partial charge >= 0.3 is 0 Å². The first-order chi connectivity index (χ1) is 21.3. The smallest absolute Gasteiger partial charge is 0.0468 e. The quantitative estimate of drug-likeness (QED) is 0.194. The predicted molar refractivity (Wildman–Crippen MR) is 185 cm³/mol. The van der Waals surface area contributed by atoms with E-state index >= 15 is 0 Å². The Morgan fingerprint density at radius 3 is 1.58 bits per heavy atom. The number of rotatable bonds is 5. The molecule has 1 nitrogen and oxygen atoms in total. The third kappa shape index (κ3) is 4.62. The van der Waals surface area contributed by atoms with E-state index in [4.69, 9.17) is 0 Å². The number of nitrogens with zero attached hydrogens (tertiary/aromatic N) is 1. The molecule has 8 aromatic rings. The number of hydrogen-bond donors (Lipinski definition) is 0. The minimum atomic E-state index is 1.12. The zero-order valence-electron chi connectivity index (χ0n) is 23.7. The molecular formula is C42H29N. The third-order valence-electron chi connectivity index (χ3n) is 8.41. The van der Waals surface area contributed by atoms with E-state index in [1.54, 1.807) is 0 Å². The second-order valence-corrected chi connectivity index (χ2v) is 11.0. The standard InChI is InChI=1S/C42H29N/c1-3-10-30(11-4-1)32-22-24-37(25-23-32)43(38-16-9-15-35(28-38)31-12-5-2-6-13-31)39-26-27-41-36(29-39)21-20-34-19-18-33-14-7-8-17-40(33)42(34)41/h1-29H. The minimum Gasteiger partial charge on any atom is -0.310 e. The van der Waals surface area contributed by atoms with Gasteiger partial charge in [-0.1, -0.05) is 140 Å². The van der Waals surface area contributed by atoms with Gasteiger partial charge in [0.2, 0.25) is 0 Å². The zero-order chi connectivity index (χ0) is 28.6. The first-order valence-corrected chi connectivity index (χ1v) is 14.8. The molecule has 0 aliphatic heterocycles. The van der Waals surface area contributed by atoms with Crippen molar-refractivity contribution >= 4 is 49.4 Å². The Hall–Kier alpha value is -5.66. The first-order valence-electron chi connectivity index (χ1n) is 14.8. The molecule has 0 heterocycles. The Morgan fingerprint density at radius 2 is 0.814 bits per heavy atom. The summed E-state index contributed by atoms with van der Waals surface area (Å²) < 4.78 is 0. The van der Waals surface area contributed by atoms with Crippen LogP contribution in [0.3, 0.4) is 0 Å². The van der Waals surface area contributed by atoms with Crippen LogP contribution in [0.1, 0.15) is 0 Å². The van der Waals surface area contributed by atoms with E-state index in [0.717, 1.165) is 17.1 Å². The molecule has 0 atom stereocenters. The molecule has 0 bridgehead atoms. The lowest BCUT2D eigenvalue weighted by molar-refractivity contribution is 1.29. The molecule has 8 aromatic carbocycles. The fraction of sp³-hybridized carbons (Fsp3) is 0. The Bertz CT molecular complexity index is 2220. The van der Waals surface area contributed by atoms with Gasteiger partial charge in [-0.3, -0.25) is 0 Å². The molecule has 202 valence electrons. The lowest BCUT2D eigenvalue weighted by Crippen LogP contribution is -2.10. The van der Waals surface area contributed by atoms with Crippen molar-refractivity contribution in [2.45, 2.75) is 0 Å².